The van der Waals surface area contributed by atoms with Gasteiger partial charge in [-0.05, 0) is 49.3 Å². The largest absolute Gasteiger partial charge is 0.370 e. The zero-order valence-electron chi connectivity index (χ0n) is 40.3. The SMILES string of the molecule is NC(=O)CC[C@@H]1NC(=O)[C@H](Cc2ccccc2)NC(=O)C(Cc2cccnc2)NC(=O)[C@@H](N)CSSC[C@@H](C(=O)N2CCC[C@H]2C(=O)N[C@H](CCCN=C(N)N)C(=O)NCC(N)=O)NC(=O)C(CC(N)=O)NC1=O. The molecule has 1 aromatic heterocycles. The quantitative estimate of drug-likeness (QED) is 0.0270. The van der Waals surface area contributed by atoms with Gasteiger partial charge < -0.3 is 76.5 Å². The number of carbonyl (C=O) groups is 11. The van der Waals surface area contributed by atoms with Crippen molar-refractivity contribution < 1.29 is 52.7 Å². The molecular weight excluding hydrogens is 1000 g/mol. The van der Waals surface area contributed by atoms with Gasteiger partial charge in [-0.2, -0.15) is 0 Å². The number of likely N-dealkylation sites (tertiary alicyclic amines) is 1. The molecule has 4 rings (SSSR count). The molecule has 3 heterocycles. The van der Waals surface area contributed by atoms with Gasteiger partial charge in [0.05, 0.1) is 19.0 Å². The smallest absolute Gasteiger partial charge is 0.246 e. The molecular formula is C45H64N16O11S2. The molecule has 0 radical (unpaired) electrons. The van der Waals surface area contributed by atoms with Crippen molar-refractivity contribution in [1.29, 1.82) is 0 Å². The minimum Gasteiger partial charge on any atom is -0.370 e. The topological polar surface area (TPSA) is 457 Å². The molecule has 74 heavy (non-hydrogen) atoms. The second kappa shape index (κ2) is 29.9. The summed E-state index contributed by atoms with van der Waals surface area (Å²) in [6.07, 6.45) is 1.75. The Morgan fingerprint density at radius 2 is 1.34 bits per heavy atom. The summed E-state index contributed by atoms with van der Waals surface area (Å²) in [7, 11) is 2.02. The van der Waals surface area contributed by atoms with Crippen LogP contribution in [0.25, 0.3) is 0 Å². The Kier molecular flexibility index (Phi) is 23.8. The van der Waals surface area contributed by atoms with Crippen molar-refractivity contribution >= 4 is 92.5 Å². The lowest BCUT2D eigenvalue weighted by molar-refractivity contribution is -0.142. The van der Waals surface area contributed by atoms with E-state index in [1.165, 1.54) is 17.3 Å². The van der Waals surface area contributed by atoms with E-state index in [1.807, 2.05) is 0 Å². The molecule has 0 spiro atoms. The molecule has 1 aromatic carbocycles. The molecule has 0 aliphatic carbocycles. The van der Waals surface area contributed by atoms with Crippen LogP contribution in [0.5, 0.6) is 0 Å². The Morgan fingerprint density at radius 3 is 1.97 bits per heavy atom. The average Bonchev–Trinajstić information content (AvgIpc) is 3.86. The predicted octanol–water partition coefficient (Wildman–Crippen LogP) is -5.72. The van der Waals surface area contributed by atoms with Crippen molar-refractivity contribution in [3.63, 3.8) is 0 Å². The first-order valence-electron chi connectivity index (χ1n) is 23.5. The minimum atomic E-state index is -1.78. The molecule has 2 unspecified atom stereocenters. The summed E-state index contributed by atoms with van der Waals surface area (Å²) < 4.78 is 0. The van der Waals surface area contributed by atoms with Gasteiger partial charge >= 0.3 is 0 Å². The predicted molar refractivity (Wildman–Crippen MR) is 272 cm³/mol. The average molecular weight is 1070 g/mol. The van der Waals surface area contributed by atoms with Crippen LogP contribution < -0.4 is 71.6 Å². The van der Waals surface area contributed by atoms with E-state index >= 15 is 0 Å². The van der Waals surface area contributed by atoms with Gasteiger partial charge in [0.15, 0.2) is 5.96 Å². The van der Waals surface area contributed by atoms with Crippen molar-refractivity contribution in [1.82, 2.24) is 47.1 Å². The molecule has 19 N–H and O–H groups in total. The molecule has 2 aliphatic rings. The highest BCUT2D eigenvalue weighted by Gasteiger charge is 2.40. The normalized spacial score (nSPS) is 22.7. The van der Waals surface area contributed by atoms with E-state index in [0.717, 1.165) is 21.6 Å². The van der Waals surface area contributed by atoms with E-state index in [-0.39, 0.29) is 62.7 Å². The number of benzene rings is 1. The number of guanidine groups is 1. The van der Waals surface area contributed by atoms with Gasteiger partial charge in [0.1, 0.15) is 42.3 Å². The van der Waals surface area contributed by atoms with Crippen LogP contribution in [-0.2, 0) is 65.6 Å². The number of pyridine rings is 1. The maximum Gasteiger partial charge on any atom is 0.246 e. The van der Waals surface area contributed by atoms with E-state index in [9.17, 15) is 52.7 Å². The van der Waals surface area contributed by atoms with E-state index in [4.69, 9.17) is 34.4 Å². The van der Waals surface area contributed by atoms with Gasteiger partial charge in [-0.25, -0.2) is 0 Å². The maximum absolute atomic E-state index is 14.6. The summed E-state index contributed by atoms with van der Waals surface area (Å²) in [4.78, 5) is 157. The highest BCUT2D eigenvalue weighted by Crippen LogP contribution is 2.26. The van der Waals surface area contributed by atoms with Gasteiger partial charge in [-0.3, -0.25) is 62.7 Å². The third-order valence-corrected chi connectivity index (χ3v) is 13.9. The number of nitrogens with zero attached hydrogens (tertiary/aromatic N) is 3. The van der Waals surface area contributed by atoms with Crippen molar-refractivity contribution in [3.8, 4) is 0 Å². The molecule has 2 saturated heterocycles. The Labute approximate surface area is 433 Å². The number of aromatic nitrogens is 1. The first-order chi connectivity index (χ1) is 35.2. The molecule has 0 bridgehead atoms. The van der Waals surface area contributed by atoms with Crippen LogP contribution in [0.3, 0.4) is 0 Å². The fourth-order valence-corrected chi connectivity index (χ4v) is 9.96. The second-order valence-electron chi connectivity index (χ2n) is 17.3. The van der Waals surface area contributed by atoms with Crippen molar-refractivity contribution in [2.24, 2.45) is 39.4 Å². The van der Waals surface area contributed by atoms with Gasteiger partial charge in [0, 0.05) is 56.3 Å². The van der Waals surface area contributed by atoms with Crippen molar-refractivity contribution in [2.75, 3.05) is 31.1 Å². The Bertz CT molecular complexity index is 2370. The summed E-state index contributed by atoms with van der Waals surface area (Å²) in [5.74, 6) is -10.3. The number of aliphatic imine (C=N–C) groups is 1. The lowest BCUT2D eigenvalue weighted by atomic mass is 10.0. The maximum atomic E-state index is 14.6. The number of nitrogens with one attached hydrogen (secondary N) is 7. The lowest BCUT2D eigenvalue weighted by Crippen LogP contribution is -2.61. The van der Waals surface area contributed by atoms with Crippen LogP contribution in [0.1, 0.15) is 56.1 Å². The number of carbonyl (C=O) groups excluding carboxylic acids is 11. The van der Waals surface area contributed by atoms with E-state index < -0.39 is 139 Å². The number of primary amides is 3. The number of amides is 11. The highest BCUT2D eigenvalue weighted by molar-refractivity contribution is 8.76. The van der Waals surface area contributed by atoms with Crippen LogP contribution >= 0.6 is 21.6 Å². The van der Waals surface area contributed by atoms with Crippen LogP contribution in [-0.4, -0.2) is 160 Å². The van der Waals surface area contributed by atoms with E-state index in [1.54, 1.807) is 42.5 Å². The number of nitrogens with two attached hydrogens (primary N) is 6. The first kappa shape index (κ1) is 59.0. The molecule has 2 aromatic rings. The second-order valence-corrected chi connectivity index (χ2v) is 19.8. The first-order valence-corrected chi connectivity index (χ1v) is 25.9. The highest BCUT2D eigenvalue weighted by atomic mass is 33.1. The lowest BCUT2D eigenvalue weighted by Gasteiger charge is -2.31. The van der Waals surface area contributed by atoms with Gasteiger partial charge in [0.2, 0.25) is 65.0 Å². The van der Waals surface area contributed by atoms with E-state index in [2.05, 4.69) is 47.2 Å². The summed E-state index contributed by atoms with van der Waals surface area (Å²) in [5.41, 5.74) is 34.5. The fraction of sp³-hybridized carbons (Fsp3) is 0.489. The Balaban J connectivity index is 1.70. The van der Waals surface area contributed by atoms with Crippen LogP contribution in [0.15, 0.2) is 59.9 Å². The molecule has 402 valence electrons. The monoisotopic (exact) mass is 1070 g/mol. The molecule has 27 nitrogen and oxygen atoms in total. The Morgan fingerprint density at radius 1 is 0.730 bits per heavy atom. The summed E-state index contributed by atoms with van der Waals surface area (Å²) in [6.45, 7) is -0.424. The van der Waals surface area contributed by atoms with Crippen LogP contribution in [0.2, 0.25) is 0 Å². The van der Waals surface area contributed by atoms with E-state index in [0.29, 0.717) is 17.5 Å². The molecule has 8 atom stereocenters. The number of rotatable bonds is 19. The molecule has 0 saturated carbocycles. The van der Waals surface area contributed by atoms with Crippen molar-refractivity contribution in [2.45, 2.75) is 106 Å². The fourth-order valence-electron chi connectivity index (χ4n) is 7.69. The summed E-state index contributed by atoms with van der Waals surface area (Å²) >= 11 is 0. The van der Waals surface area contributed by atoms with Crippen molar-refractivity contribution in [3.05, 3.63) is 66.0 Å². The Hall–Kier alpha value is -7.53. The minimum absolute atomic E-state index is 0.00710. The molecule has 11 amide bonds. The van der Waals surface area contributed by atoms with Gasteiger partial charge in [-0.1, -0.05) is 58.0 Å². The summed E-state index contributed by atoms with van der Waals surface area (Å²) in [6, 6.07) is 0.516. The zero-order valence-corrected chi connectivity index (χ0v) is 42.0. The number of hydrogen-bond acceptors (Lipinski definition) is 16. The van der Waals surface area contributed by atoms with Crippen LogP contribution in [0.4, 0.5) is 0 Å². The van der Waals surface area contributed by atoms with Gasteiger partial charge in [0.25, 0.3) is 0 Å². The molecule has 29 heteroatoms. The molecule has 2 fully saturated rings. The zero-order chi connectivity index (χ0) is 54.3. The summed E-state index contributed by atoms with van der Waals surface area (Å²) in [5, 5.41) is 17.8. The molecule has 2 aliphatic heterocycles. The van der Waals surface area contributed by atoms with Crippen LogP contribution in [0, 0.1) is 0 Å². The third kappa shape index (κ3) is 19.8. The van der Waals surface area contributed by atoms with Gasteiger partial charge in [-0.15, -0.1) is 0 Å². The number of hydrogen-bond donors (Lipinski definition) is 13. The standard InChI is InChI=1S/C45H64N16O11S2/c46-26-22-73-74-23-32(44(72)61-16-6-11-33(61)43(71)56-27(10-5-15-53-45(50)51)38(66)54-21-36(49)64)60-42(70)31(19-35(48)63)59-39(67)28(12-13-34(47)62)55-40(68)29(17-24-7-2-1-3-8-24)58-41(69)30(57-37(26)65)18-25-9-4-14-52-20-25/h1-4,7-9,14,20,26-33H,5-6,10-13,15-19,21-23,46H2,(H2,47,62)(H2,48,63)(H2,49,64)(H,54,66)(H,55,68)(H,56,71)(H,57,65)(H,58,69)(H,59,67)(H,60,70)(H4,50,51,53)/t26-,27+,28-,29-,30?,31?,32-,33-/m0/s1. The third-order valence-electron chi connectivity index (χ3n) is 11.4.